The lowest BCUT2D eigenvalue weighted by atomic mass is 10.4. The van der Waals surface area contributed by atoms with Gasteiger partial charge in [0.25, 0.3) is 0 Å². The maximum atomic E-state index is 10.5. The van der Waals surface area contributed by atoms with E-state index in [1.165, 1.54) is 12.7 Å². The molecule has 19 heavy (non-hydrogen) atoms. The number of rotatable bonds is 5. The number of nitrogens with zero attached hydrogens (tertiary/aromatic N) is 4. The molecule has 0 aliphatic rings. The third kappa shape index (κ3) is 3.48. The van der Waals surface area contributed by atoms with Crippen molar-refractivity contribution in [2.75, 3.05) is 12.1 Å². The Morgan fingerprint density at radius 3 is 2.89 bits per heavy atom. The predicted molar refractivity (Wildman–Crippen MR) is 62.8 cm³/mol. The molecule has 0 spiro atoms. The monoisotopic (exact) mass is 285 g/mol. The van der Waals surface area contributed by atoms with Crippen LogP contribution in [0.5, 0.6) is 0 Å². The number of ether oxygens (including phenoxy) is 1. The standard InChI is InChI=1S/C9H14N5O4P/c1-6(18-5-19(15,16)17)2-14-4-13-7-8(10)11-3-12-9(7)14/h3-4,6H,2,5H2,1H3,(H2,10,11,12)(H2,15,16,17)/p-2/t6-/m1/s1. The lowest BCUT2D eigenvalue weighted by Gasteiger charge is -2.30. The minimum absolute atomic E-state index is 0.265. The summed E-state index contributed by atoms with van der Waals surface area (Å²) in [7, 11) is -4.66. The highest BCUT2D eigenvalue weighted by Gasteiger charge is 2.11. The van der Waals surface area contributed by atoms with Crippen molar-refractivity contribution in [2.45, 2.75) is 19.6 Å². The van der Waals surface area contributed by atoms with Crippen molar-refractivity contribution in [3.8, 4) is 0 Å². The molecule has 2 aromatic heterocycles. The summed E-state index contributed by atoms with van der Waals surface area (Å²) in [6.07, 6.45) is 1.50. The summed E-state index contributed by atoms with van der Waals surface area (Å²) in [5.74, 6) is 0.265. The Balaban J connectivity index is 2.09. The average Bonchev–Trinajstić information content (AvgIpc) is 2.71. The van der Waals surface area contributed by atoms with Gasteiger partial charge in [-0.2, -0.15) is 0 Å². The summed E-state index contributed by atoms with van der Waals surface area (Å²) < 4.78 is 17.1. The van der Waals surface area contributed by atoms with Crippen LogP contribution in [0.3, 0.4) is 0 Å². The van der Waals surface area contributed by atoms with E-state index in [0.717, 1.165) is 0 Å². The normalized spacial score (nSPS) is 13.8. The molecule has 0 aliphatic carbocycles. The van der Waals surface area contributed by atoms with E-state index in [9.17, 15) is 14.4 Å². The van der Waals surface area contributed by atoms with E-state index in [-0.39, 0.29) is 5.82 Å². The van der Waals surface area contributed by atoms with E-state index in [1.54, 1.807) is 11.5 Å². The maximum absolute atomic E-state index is 10.5. The van der Waals surface area contributed by atoms with Crippen molar-refractivity contribution in [2.24, 2.45) is 0 Å². The van der Waals surface area contributed by atoms with Gasteiger partial charge in [-0.15, -0.1) is 0 Å². The van der Waals surface area contributed by atoms with Gasteiger partial charge in [0, 0.05) is 0 Å². The Labute approximate surface area is 108 Å². The van der Waals surface area contributed by atoms with Gasteiger partial charge in [-0.25, -0.2) is 15.0 Å². The Morgan fingerprint density at radius 2 is 2.21 bits per heavy atom. The molecule has 2 heterocycles. The Bertz CT molecular complexity index is 624. The van der Waals surface area contributed by atoms with Gasteiger partial charge in [-0.1, -0.05) is 0 Å². The zero-order valence-electron chi connectivity index (χ0n) is 10.1. The topological polar surface area (TPSA) is 142 Å². The van der Waals surface area contributed by atoms with E-state index in [0.29, 0.717) is 17.7 Å². The molecule has 0 saturated carbocycles. The predicted octanol–water partition coefficient (Wildman–Crippen LogP) is -1.32. The summed E-state index contributed by atoms with van der Waals surface area (Å²) >= 11 is 0. The fourth-order valence-electron chi connectivity index (χ4n) is 1.58. The van der Waals surface area contributed by atoms with E-state index >= 15 is 0 Å². The molecule has 0 unspecified atom stereocenters. The molecule has 0 saturated heterocycles. The second-order valence-electron chi connectivity index (χ2n) is 4.05. The minimum atomic E-state index is -4.66. The highest BCUT2D eigenvalue weighted by Crippen LogP contribution is 2.23. The largest absolute Gasteiger partial charge is 0.809 e. The quantitative estimate of drug-likeness (QED) is 0.667. The Kier molecular flexibility index (Phi) is 3.81. The molecule has 0 bridgehead atoms. The van der Waals surface area contributed by atoms with Gasteiger partial charge < -0.3 is 29.4 Å². The fourth-order valence-corrected chi connectivity index (χ4v) is 2.02. The highest BCUT2D eigenvalue weighted by atomic mass is 31.2. The summed E-state index contributed by atoms with van der Waals surface area (Å²) in [4.78, 5) is 32.9. The first-order valence-corrected chi connectivity index (χ1v) is 7.13. The number of anilines is 1. The summed E-state index contributed by atoms with van der Waals surface area (Å²) in [6, 6.07) is 0. The molecule has 2 rings (SSSR count). The summed E-state index contributed by atoms with van der Waals surface area (Å²) in [5, 5.41) is 0. The molecule has 0 aromatic carbocycles. The molecular formula is C9H12N5O4P-2. The van der Waals surface area contributed by atoms with E-state index in [2.05, 4.69) is 15.0 Å². The number of hydrogen-bond donors (Lipinski definition) is 1. The molecule has 104 valence electrons. The van der Waals surface area contributed by atoms with Gasteiger partial charge in [-0.05, 0) is 14.5 Å². The molecule has 2 N–H and O–H groups in total. The van der Waals surface area contributed by atoms with Crippen molar-refractivity contribution >= 4 is 24.6 Å². The van der Waals surface area contributed by atoms with Crippen LogP contribution in [-0.4, -0.2) is 32.0 Å². The molecular weight excluding hydrogens is 273 g/mol. The number of nitrogens with two attached hydrogens (primary N) is 1. The zero-order valence-corrected chi connectivity index (χ0v) is 11.0. The molecule has 2 aromatic rings. The van der Waals surface area contributed by atoms with E-state index in [4.69, 9.17) is 10.5 Å². The van der Waals surface area contributed by atoms with Crippen molar-refractivity contribution in [1.82, 2.24) is 19.5 Å². The van der Waals surface area contributed by atoms with Crippen LogP contribution >= 0.6 is 7.60 Å². The van der Waals surface area contributed by atoms with Crippen molar-refractivity contribution in [3.63, 3.8) is 0 Å². The summed E-state index contributed by atoms with van der Waals surface area (Å²) in [5.41, 5.74) is 6.63. The van der Waals surface area contributed by atoms with Crippen LogP contribution in [0.4, 0.5) is 5.82 Å². The molecule has 1 atom stereocenters. The fraction of sp³-hybridized carbons (Fsp3) is 0.444. The lowest BCUT2D eigenvalue weighted by Crippen LogP contribution is -2.23. The van der Waals surface area contributed by atoms with Crippen molar-refractivity contribution < 1.29 is 19.1 Å². The van der Waals surface area contributed by atoms with Crippen LogP contribution in [0.15, 0.2) is 12.7 Å². The molecule has 0 aliphatic heterocycles. The van der Waals surface area contributed by atoms with Crippen LogP contribution in [0.2, 0.25) is 0 Å². The second-order valence-corrected chi connectivity index (χ2v) is 5.53. The zero-order chi connectivity index (χ0) is 14.0. The Hall–Kier alpha value is -1.54. The van der Waals surface area contributed by atoms with Gasteiger partial charge in [0.05, 0.1) is 25.3 Å². The third-order valence-electron chi connectivity index (χ3n) is 2.40. The molecule has 9 nitrogen and oxygen atoms in total. The van der Waals surface area contributed by atoms with Crippen LogP contribution in [0.25, 0.3) is 11.2 Å². The molecule has 0 amide bonds. The maximum Gasteiger partial charge on any atom is 0.165 e. The number of nitrogen functional groups attached to an aromatic ring is 1. The van der Waals surface area contributed by atoms with Gasteiger partial charge in [-0.3, -0.25) is 0 Å². The second kappa shape index (κ2) is 5.22. The SMILES string of the molecule is C[C@H](Cn1cnc2c(N)ncnc21)OCP(=O)([O-])[O-]. The first kappa shape index (κ1) is 13.9. The van der Waals surface area contributed by atoms with E-state index in [1.807, 2.05) is 0 Å². The van der Waals surface area contributed by atoms with Crippen LogP contribution in [0.1, 0.15) is 6.92 Å². The minimum Gasteiger partial charge on any atom is -0.809 e. The smallest absolute Gasteiger partial charge is 0.165 e. The summed E-state index contributed by atoms with van der Waals surface area (Å²) in [6.45, 7) is 1.94. The number of imidazole rings is 1. The lowest BCUT2D eigenvalue weighted by molar-refractivity contribution is -0.319. The van der Waals surface area contributed by atoms with Crippen molar-refractivity contribution in [1.29, 1.82) is 0 Å². The van der Waals surface area contributed by atoms with Crippen LogP contribution < -0.4 is 15.5 Å². The Morgan fingerprint density at radius 1 is 1.47 bits per heavy atom. The number of aromatic nitrogens is 4. The molecule has 10 heteroatoms. The number of hydrogen-bond acceptors (Lipinski definition) is 8. The molecule has 0 radical (unpaired) electrons. The number of fused-ring (bicyclic) bond motifs is 1. The third-order valence-corrected chi connectivity index (χ3v) is 2.87. The van der Waals surface area contributed by atoms with Crippen LogP contribution in [-0.2, 0) is 15.8 Å². The van der Waals surface area contributed by atoms with Gasteiger partial charge in [0.15, 0.2) is 11.5 Å². The average molecular weight is 285 g/mol. The van der Waals surface area contributed by atoms with E-state index < -0.39 is 20.0 Å². The first-order chi connectivity index (χ1) is 8.87. The van der Waals surface area contributed by atoms with Crippen LogP contribution in [0, 0.1) is 0 Å². The van der Waals surface area contributed by atoms with Crippen molar-refractivity contribution in [3.05, 3.63) is 12.7 Å². The highest BCUT2D eigenvalue weighted by molar-refractivity contribution is 7.48. The van der Waals surface area contributed by atoms with Gasteiger partial charge >= 0.3 is 0 Å². The van der Waals surface area contributed by atoms with Gasteiger partial charge in [0.2, 0.25) is 0 Å². The van der Waals surface area contributed by atoms with Gasteiger partial charge in [0.1, 0.15) is 11.8 Å². The molecule has 0 fully saturated rings. The first-order valence-electron chi connectivity index (χ1n) is 5.41.